The molecule has 0 bridgehead atoms. The zero-order valence-corrected chi connectivity index (χ0v) is 10.0. The molecule has 0 aliphatic heterocycles. The van der Waals surface area contributed by atoms with Gasteiger partial charge in [0.15, 0.2) is 0 Å². The quantitative estimate of drug-likeness (QED) is 0.509. The molecule has 0 aliphatic rings. The summed E-state index contributed by atoms with van der Waals surface area (Å²) in [7, 11) is 0. The SMILES string of the molecule is O=C(O)c1ccc(OCCOCCS)cc1O. The second-order valence-electron chi connectivity index (χ2n) is 3.17. The van der Waals surface area contributed by atoms with E-state index in [9.17, 15) is 9.90 Å². The maximum atomic E-state index is 10.6. The summed E-state index contributed by atoms with van der Waals surface area (Å²) < 4.78 is 10.4. The van der Waals surface area contributed by atoms with Crippen molar-refractivity contribution in [1.82, 2.24) is 0 Å². The summed E-state index contributed by atoms with van der Waals surface area (Å²) in [6.45, 7) is 1.30. The van der Waals surface area contributed by atoms with E-state index in [1.807, 2.05) is 0 Å². The smallest absolute Gasteiger partial charge is 0.339 e. The Kier molecular flexibility index (Phi) is 5.65. The van der Waals surface area contributed by atoms with Crippen LogP contribution in [0.3, 0.4) is 0 Å². The molecule has 1 aromatic carbocycles. The molecule has 0 radical (unpaired) electrons. The zero-order chi connectivity index (χ0) is 12.7. The van der Waals surface area contributed by atoms with Gasteiger partial charge >= 0.3 is 5.97 Å². The number of rotatable bonds is 7. The van der Waals surface area contributed by atoms with Gasteiger partial charge in [-0.3, -0.25) is 0 Å². The molecule has 1 rings (SSSR count). The summed E-state index contributed by atoms with van der Waals surface area (Å²) >= 11 is 3.98. The van der Waals surface area contributed by atoms with Gasteiger partial charge in [0, 0.05) is 11.8 Å². The van der Waals surface area contributed by atoms with Crippen LogP contribution in [0, 0.1) is 0 Å². The van der Waals surface area contributed by atoms with Crippen molar-refractivity contribution in [3.05, 3.63) is 23.8 Å². The fraction of sp³-hybridized carbons (Fsp3) is 0.364. The molecular formula is C11H14O5S. The fourth-order valence-electron chi connectivity index (χ4n) is 1.17. The van der Waals surface area contributed by atoms with E-state index in [1.165, 1.54) is 18.2 Å². The third-order valence-corrected chi connectivity index (χ3v) is 2.11. The number of thiol groups is 1. The molecule has 0 aliphatic carbocycles. The van der Waals surface area contributed by atoms with E-state index in [0.717, 1.165) is 0 Å². The highest BCUT2D eigenvalue weighted by atomic mass is 32.1. The maximum Gasteiger partial charge on any atom is 0.339 e. The highest BCUT2D eigenvalue weighted by Crippen LogP contribution is 2.23. The number of carbonyl (C=O) groups is 1. The Hall–Kier alpha value is -1.40. The van der Waals surface area contributed by atoms with Crippen molar-refractivity contribution in [3.8, 4) is 11.5 Å². The van der Waals surface area contributed by atoms with Crippen molar-refractivity contribution in [2.24, 2.45) is 0 Å². The molecule has 0 heterocycles. The minimum absolute atomic E-state index is 0.149. The van der Waals surface area contributed by atoms with Gasteiger partial charge in [0.1, 0.15) is 23.7 Å². The van der Waals surface area contributed by atoms with E-state index in [2.05, 4.69) is 12.6 Å². The van der Waals surface area contributed by atoms with E-state index >= 15 is 0 Å². The van der Waals surface area contributed by atoms with Gasteiger partial charge < -0.3 is 19.7 Å². The van der Waals surface area contributed by atoms with Gasteiger partial charge in [0.05, 0.1) is 13.2 Å². The fourth-order valence-corrected chi connectivity index (χ4v) is 1.30. The molecule has 5 nitrogen and oxygen atoms in total. The summed E-state index contributed by atoms with van der Waals surface area (Å²) in [6, 6.07) is 4.05. The second-order valence-corrected chi connectivity index (χ2v) is 3.62. The van der Waals surface area contributed by atoms with Crippen LogP contribution in [0.1, 0.15) is 10.4 Å². The third-order valence-electron chi connectivity index (χ3n) is 1.93. The first-order valence-corrected chi connectivity index (χ1v) is 5.66. The van der Waals surface area contributed by atoms with Crippen LogP contribution in [0.2, 0.25) is 0 Å². The minimum atomic E-state index is -1.17. The summed E-state index contributed by atoms with van der Waals surface area (Å²) in [5.41, 5.74) is -0.149. The highest BCUT2D eigenvalue weighted by Gasteiger charge is 2.09. The predicted molar refractivity (Wildman–Crippen MR) is 65.2 cm³/mol. The Morgan fingerprint density at radius 3 is 2.65 bits per heavy atom. The van der Waals surface area contributed by atoms with Crippen molar-refractivity contribution < 1.29 is 24.5 Å². The lowest BCUT2D eigenvalue weighted by Gasteiger charge is -2.07. The minimum Gasteiger partial charge on any atom is -0.507 e. The predicted octanol–water partition coefficient (Wildman–Crippen LogP) is 1.42. The van der Waals surface area contributed by atoms with E-state index < -0.39 is 5.97 Å². The number of ether oxygens (including phenoxy) is 2. The average Bonchev–Trinajstić information content (AvgIpc) is 2.28. The Labute approximate surface area is 104 Å². The number of carboxylic acid groups (broad SMARTS) is 1. The van der Waals surface area contributed by atoms with E-state index in [0.29, 0.717) is 31.3 Å². The van der Waals surface area contributed by atoms with Gasteiger partial charge in [-0.25, -0.2) is 4.79 Å². The lowest BCUT2D eigenvalue weighted by Crippen LogP contribution is -2.08. The topological polar surface area (TPSA) is 76.0 Å². The summed E-state index contributed by atoms with van der Waals surface area (Å²) in [5.74, 6) is -0.437. The van der Waals surface area contributed by atoms with Gasteiger partial charge in [0.25, 0.3) is 0 Å². The van der Waals surface area contributed by atoms with Crippen LogP contribution >= 0.6 is 12.6 Å². The standard InChI is InChI=1S/C11H14O5S/c12-10-7-8(1-2-9(10)11(13)14)16-4-3-15-5-6-17/h1-2,7,12,17H,3-6H2,(H,13,14). The van der Waals surface area contributed by atoms with Gasteiger partial charge in [-0.05, 0) is 12.1 Å². The zero-order valence-electron chi connectivity index (χ0n) is 9.13. The van der Waals surface area contributed by atoms with Gasteiger partial charge in [0.2, 0.25) is 0 Å². The van der Waals surface area contributed by atoms with Crippen LogP contribution in [-0.4, -0.2) is 41.8 Å². The molecule has 2 N–H and O–H groups in total. The number of hydrogen-bond acceptors (Lipinski definition) is 5. The normalized spacial score (nSPS) is 10.2. The van der Waals surface area contributed by atoms with Crippen LogP contribution in [-0.2, 0) is 4.74 Å². The second kappa shape index (κ2) is 7.03. The molecule has 0 aromatic heterocycles. The summed E-state index contributed by atoms with van der Waals surface area (Å²) in [6.07, 6.45) is 0. The van der Waals surface area contributed by atoms with Gasteiger partial charge in [-0.15, -0.1) is 0 Å². The maximum absolute atomic E-state index is 10.6. The molecule has 0 saturated carbocycles. The van der Waals surface area contributed by atoms with Crippen molar-refractivity contribution in [3.63, 3.8) is 0 Å². The van der Waals surface area contributed by atoms with Crippen LogP contribution < -0.4 is 4.74 Å². The molecule has 6 heteroatoms. The van der Waals surface area contributed by atoms with Gasteiger partial charge in [-0.1, -0.05) is 0 Å². The van der Waals surface area contributed by atoms with Crippen LogP contribution in [0.25, 0.3) is 0 Å². The first-order chi connectivity index (χ1) is 8.15. The van der Waals surface area contributed by atoms with E-state index in [4.69, 9.17) is 14.6 Å². The highest BCUT2D eigenvalue weighted by molar-refractivity contribution is 7.80. The molecule has 1 aromatic rings. The Bertz CT molecular complexity index is 380. The third kappa shape index (κ3) is 4.54. The molecule has 0 fully saturated rings. The van der Waals surface area contributed by atoms with E-state index in [1.54, 1.807) is 0 Å². The van der Waals surface area contributed by atoms with Crippen LogP contribution in [0.5, 0.6) is 11.5 Å². The van der Waals surface area contributed by atoms with Gasteiger partial charge in [-0.2, -0.15) is 12.6 Å². The van der Waals surface area contributed by atoms with Crippen molar-refractivity contribution >= 4 is 18.6 Å². The molecule has 0 amide bonds. The number of aromatic carboxylic acids is 1. The van der Waals surface area contributed by atoms with E-state index in [-0.39, 0.29) is 11.3 Å². The molecule has 94 valence electrons. The Morgan fingerprint density at radius 2 is 2.06 bits per heavy atom. The van der Waals surface area contributed by atoms with Crippen molar-refractivity contribution in [2.45, 2.75) is 0 Å². The lowest BCUT2D eigenvalue weighted by atomic mass is 10.2. The Balaban J connectivity index is 2.45. The average molecular weight is 258 g/mol. The molecular weight excluding hydrogens is 244 g/mol. The summed E-state index contributed by atoms with van der Waals surface area (Å²) in [4.78, 5) is 10.6. The van der Waals surface area contributed by atoms with Crippen molar-refractivity contribution in [1.29, 1.82) is 0 Å². The number of phenols is 1. The number of benzene rings is 1. The molecule has 0 atom stereocenters. The first-order valence-electron chi connectivity index (χ1n) is 5.03. The molecule has 0 saturated heterocycles. The Morgan fingerprint density at radius 1 is 1.29 bits per heavy atom. The largest absolute Gasteiger partial charge is 0.507 e. The number of carboxylic acids is 1. The van der Waals surface area contributed by atoms with Crippen molar-refractivity contribution in [2.75, 3.05) is 25.6 Å². The first kappa shape index (κ1) is 13.7. The monoisotopic (exact) mass is 258 g/mol. The van der Waals surface area contributed by atoms with Crippen LogP contribution in [0.4, 0.5) is 0 Å². The lowest BCUT2D eigenvalue weighted by molar-refractivity contribution is 0.0693. The molecule has 0 spiro atoms. The number of hydrogen-bond donors (Lipinski definition) is 3. The number of aromatic hydroxyl groups is 1. The van der Waals surface area contributed by atoms with Crippen LogP contribution in [0.15, 0.2) is 18.2 Å². The molecule has 17 heavy (non-hydrogen) atoms. The molecule has 0 unspecified atom stereocenters. The summed E-state index contributed by atoms with van der Waals surface area (Å²) in [5, 5.41) is 18.1.